The molecular weight excluding hydrogens is 310 g/mol. The molecule has 0 aliphatic heterocycles. The van der Waals surface area contributed by atoms with E-state index in [9.17, 15) is 9.00 Å². The Balaban J connectivity index is 2.10. The van der Waals surface area contributed by atoms with Crippen LogP contribution >= 0.6 is 0 Å². The molecule has 2 atom stereocenters. The van der Waals surface area contributed by atoms with Gasteiger partial charge in [-0.25, -0.2) is 4.79 Å². The molecule has 2 aromatic rings. The fourth-order valence-electron chi connectivity index (χ4n) is 2.42. The third-order valence-corrected chi connectivity index (χ3v) is 4.90. The number of aromatic carboxylic acids is 1. The summed E-state index contributed by atoms with van der Waals surface area (Å²) in [4.78, 5) is 14.0. The summed E-state index contributed by atoms with van der Waals surface area (Å²) in [7, 11) is 1.03. The van der Waals surface area contributed by atoms with E-state index in [1.165, 1.54) is 0 Å². The lowest BCUT2D eigenvalue weighted by atomic mass is 10.1. The van der Waals surface area contributed by atoms with Crippen molar-refractivity contribution in [2.24, 2.45) is 0 Å². The lowest BCUT2D eigenvalue weighted by molar-refractivity contribution is 0.0696. The SMILES string of the molecule is CC(c1ccc(S(C)=O)cc1)N(C)Cc1cccc(C(=O)O)c1. The number of carbonyl (C=O) groups is 1. The summed E-state index contributed by atoms with van der Waals surface area (Å²) in [6, 6.07) is 14.9. The van der Waals surface area contributed by atoms with Gasteiger partial charge in [0.15, 0.2) is 0 Å². The Morgan fingerprint density at radius 2 is 1.87 bits per heavy atom. The smallest absolute Gasteiger partial charge is 0.335 e. The highest BCUT2D eigenvalue weighted by Gasteiger charge is 2.13. The molecule has 2 unspecified atom stereocenters. The predicted octanol–water partition coefficient (Wildman–Crippen LogP) is 3.32. The summed E-state index contributed by atoms with van der Waals surface area (Å²) < 4.78 is 11.4. The Kier molecular flexibility index (Phi) is 5.69. The molecule has 4 nitrogen and oxygen atoms in total. The van der Waals surface area contributed by atoms with Crippen LogP contribution in [0.25, 0.3) is 0 Å². The van der Waals surface area contributed by atoms with Crippen LogP contribution in [0.5, 0.6) is 0 Å². The van der Waals surface area contributed by atoms with Crippen molar-refractivity contribution in [2.45, 2.75) is 24.4 Å². The molecular formula is C18H21NO3S. The van der Waals surface area contributed by atoms with Gasteiger partial charge in [-0.1, -0.05) is 24.3 Å². The minimum Gasteiger partial charge on any atom is -0.478 e. The molecule has 0 amide bonds. The van der Waals surface area contributed by atoms with Crippen molar-refractivity contribution in [2.75, 3.05) is 13.3 Å². The largest absolute Gasteiger partial charge is 0.478 e. The van der Waals surface area contributed by atoms with Gasteiger partial charge >= 0.3 is 5.97 Å². The first-order valence-electron chi connectivity index (χ1n) is 7.34. The maximum absolute atomic E-state index is 11.4. The molecule has 0 radical (unpaired) electrons. The molecule has 0 heterocycles. The molecule has 122 valence electrons. The summed E-state index contributed by atoms with van der Waals surface area (Å²) in [6.45, 7) is 2.75. The number of hydrogen-bond donors (Lipinski definition) is 1. The molecule has 2 rings (SSSR count). The lowest BCUT2D eigenvalue weighted by Gasteiger charge is -2.25. The van der Waals surface area contributed by atoms with Crippen molar-refractivity contribution >= 4 is 16.8 Å². The summed E-state index contributed by atoms with van der Waals surface area (Å²) in [6.07, 6.45) is 1.67. The first-order valence-corrected chi connectivity index (χ1v) is 8.90. The zero-order valence-corrected chi connectivity index (χ0v) is 14.3. The van der Waals surface area contributed by atoms with Gasteiger partial charge in [0.2, 0.25) is 0 Å². The Morgan fingerprint density at radius 1 is 1.22 bits per heavy atom. The van der Waals surface area contributed by atoms with Gasteiger partial charge < -0.3 is 5.11 Å². The fourth-order valence-corrected chi connectivity index (χ4v) is 2.94. The van der Waals surface area contributed by atoms with Crippen LogP contribution in [0.1, 0.15) is 34.5 Å². The van der Waals surface area contributed by atoms with Crippen LogP contribution in [-0.2, 0) is 17.3 Å². The van der Waals surface area contributed by atoms with Crippen LogP contribution < -0.4 is 0 Å². The summed E-state index contributed by atoms with van der Waals surface area (Å²) >= 11 is 0. The number of carboxylic acids is 1. The highest BCUT2D eigenvalue weighted by Crippen LogP contribution is 2.22. The number of hydrogen-bond acceptors (Lipinski definition) is 3. The van der Waals surface area contributed by atoms with Gasteiger partial charge in [0, 0.05) is 34.5 Å². The number of carboxylic acid groups (broad SMARTS) is 1. The van der Waals surface area contributed by atoms with Gasteiger partial charge in [-0.3, -0.25) is 9.11 Å². The van der Waals surface area contributed by atoms with Gasteiger partial charge in [-0.2, -0.15) is 0 Å². The maximum Gasteiger partial charge on any atom is 0.335 e. The first-order chi connectivity index (χ1) is 10.9. The van der Waals surface area contributed by atoms with Crippen LogP contribution in [0.3, 0.4) is 0 Å². The second-order valence-electron chi connectivity index (χ2n) is 5.62. The topological polar surface area (TPSA) is 57.6 Å². The average Bonchev–Trinajstić information content (AvgIpc) is 2.54. The van der Waals surface area contributed by atoms with Crippen molar-refractivity contribution in [1.29, 1.82) is 0 Å². The molecule has 5 heteroatoms. The van der Waals surface area contributed by atoms with Crippen molar-refractivity contribution in [3.8, 4) is 0 Å². The molecule has 0 aliphatic carbocycles. The second-order valence-corrected chi connectivity index (χ2v) is 7.00. The minimum absolute atomic E-state index is 0.169. The Morgan fingerprint density at radius 3 is 2.43 bits per heavy atom. The second kappa shape index (κ2) is 7.53. The predicted molar refractivity (Wildman–Crippen MR) is 92.1 cm³/mol. The summed E-state index contributed by atoms with van der Waals surface area (Å²) in [5, 5.41) is 9.06. The van der Waals surface area contributed by atoms with Crippen LogP contribution in [0, 0.1) is 0 Å². The van der Waals surface area contributed by atoms with Crippen LogP contribution in [0.15, 0.2) is 53.4 Å². The molecule has 0 fully saturated rings. The van der Waals surface area contributed by atoms with E-state index >= 15 is 0 Å². The van der Waals surface area contributed by atoms with Crippen LogP contribution in [0.2, 0.25) is 0 Å². The van der Waals surface area contributed by atoms with Gasteiger partial charge in [0.1, 0.15) is 0 Å². The molecule has 0 saturated heterocycles. The average molecular weight is 331 g/mol. The van der Waals surface area contributed by atoms with E-state index < -0.39 is 16.8 Å². The third-order valence-electron chi connectivity index (χ3n) is 3.96. The van der Waals surface area contributed by atoms with Crippen molar-refractivity contribution in [1.82, 2.24) is 4.90 Å². The van der Waals surface area contributed by atoms with Gasteiger partial charge in [-0.05, 0) is 49.4 Å². The van der Waals surface area contributed by atoms with Gasteiger partial charge in [0.05, 0.1) is 5.56 Å². The lowest BCUT2D eigenvalue weighted by Crippen LogP contribution is -2.22. The minimum atomic E-state index is -0.969. The highest BCUT2D eigenvalue weighted by atomic mass is 32.2. The van der Waals surface area contributed by atoms with Gasteiger partial charge in [-0.15, -0.1) is 0 Å². The van der Waals surface area contributed by atoms with Crippen molar-refractivity contribution < 1.29 is 14.1 Å². The number of benzene rings is 2. The highest BCUT2D eigenvalue weighted by molar-refractivity contribution is 7.84. The Hall–Kier alpha value is -1.98. The first kappa shape index (κ1) is 17.4. The molecule has 1 N–H and O–H groups in total. The Labute approximate surface area is 139 Å². The molecule has 0 saturated carbocycles. The number of rotatable bonds is 6. The number of nitrogens with zero attached hydrogens (tertiary/aromatic N) is 1. The van der Waals surface area contributed by atoms with E-state index in [-0.39, 0.29) is 6.04 Å². The van der Waals surface area contributed by atoms with E-state index in [0.717, 1.165) is 16.0 Å². The van der Waals surface area contributed by atoms with Crippen LogP contribution in [-0.4, -0.2) is 33.5 Å². The Bertz CT molecular complexity index is 712. The van der Waals surface area contributed by atoms with Crippen molar-refractivity contribution in [3.05, 3.63) is 65.2 Å². The summed E-state index contributed by atoms with van der Waals surface area (Å²) in [5.41, 5.74) is 2.40. The molecule has 0 aliphatic rings. The quantitative estimate of drug-likeness (QED) is 0.882. The van der Waals surface area contributed by atoms with E-state index in [1.54, 1.807) is 24.5 Å². The van der Waals surface area contributed by atoms with Gasteiger partial charge in [0.25, 0.3) is 0 Å². The third kappa shape index (κ3) is 4.50. The van der Waals surface area contributed by atoms with Crippen LogP contribution in [0.4, 0.5) is 0 Å². The molecule has 23 heavy (non-hydrogen) atoms. The molecule has 0 spiro atoms. The summed E-state index contributed by atoms with van der Waals surface area (Å²) in [5.74, 6) is -0.911. The molecule has 0 bridgehead atoms. The monoisotopic (exact) mass is 331 g/mol. The molecule has 2 aromatic carbocycles. The zero-order valence-electron chi connectivity index (χ0n) is 13.5. The van der Waals surface area contributed by atoms with E-state index in [2.05, 4.69) is 11.8 Å². The maximum atomic E-state index is 11.4. The molecule has 0 aromatic heterocycles. The van der Waals surface area contributed by atoms with E-state index in [0.29, 0.717) is 12.1 Å². The van der Waals surface area contributed by atoms with E-state index in [1.807, 2.05) is 37.4 Å². The normalized spacial score (nSPS) is 13.7. The standard InChI is InChI=1S/C18H21NO3S/c1-13(15-7-9-17(10-8-15)23(3)22)19(2)12-14-5-4-6-16(11-14)18(20)21/h4-11,13H,12H2,1-3H3,(H,20,21). The zero-order chi connectivity index (χ0) is 17.0. The van der Waals surface area contributed by atoms with E-state index in [4.69, 9.17) is 5.11 Å². The fraction of sp³-hybridized carbons (Fsp3) is 0.278. The van der Waals surface area contributed by atoms with Crippen molar-refractivity contribution in [3.63, 3.8) is 0 Å².